The molecule has 3 heteroatoms. The summed E-state index contributed by atoms with van der Waals surface area (Å²) in [5, 5.41) is 8.48. The minimum absolute atomic E-state index is 0. The average Bonchev–Trinajstić information content (AvgIpc) is 1.88. The molecule has 0 aliphatic heterocycles. The maximum atomic E-state index is 10.3. The Morgan fingerprint density at radius 1 is 1.27 bits per heavy atom. The van der Waals surface area contributed by atoms with Crippen LogP contribution in [0, 0.1) is 6.92 Å². The Labute approximate surface area is 78.9 Å². The van der Waals surface area contributed by atoms with Gasteiger partial charge in [-0.15, -0.1) is 0 Å². The van der Waals surface area contributed by atoms with Gasteiger partial charge in [0.15, 0.2) is 0 Å². The van der Waals surface area contributed by atoms with Crippen molar-refractivity contribution in [2.24, 2.45) is 0 Å². The third kappa shape index (κ3) is 2.84. The number of aryl methyl sites for hydroxylation is 1. The third-order valence-electron chi connectivity index (χ3n) is 1.30. The number of carbonyl (C=O) groups is 1. The maximum absolute atomic E-state index is 10.3. The van der Waals surface area contributed by atoms with Crippen LogP contribution in [0.5, 0.6) is 0 Å². The third-order valence-corrected chi connectivity index (χ3v) is 1.30. The molecular weight excluding hydrogens is 314 g/mol. The zero-order valence-electron chi connectivity index (χ0n) is 6.04. The molecule has 2 nitrogen and oxygen atoms in total. The molecule has 0 unspecified atom stereocenters. The molecule has 0 bridgehead atoms. The van der Waals surface area contributed by atoms with E-state index < -0.39 is 5.97 Å². The number of hydrogen-bond acceptors (Lipinski definition) is 1. The van der Waals surface area contributed by atoms with Gasteiger partial charge in [-0.3, -0.25) is 0 Å². The molecule has 0 saturated heterocycles. The summed E-state index contributed by atoms with van der Waals surface area (Å²) in [7, 11) is 0. The first-order valence-electron chi connectivity index (χ1n) is 3.00. The SMILES string of the molecule is Cc1ccc(C(=O)O)cc1.[Re]. The Morgan fingerprint density at radius 3 is 2.09 bits per heavy atom. The van der Waals surface area contributed by atoms with Gasteiger partial charge in [0.2, 0.25) is 0 Å². The van der Waals surface area contributed by atoms with Crippen molar-refractivity contribution in [2.75, 3.05) is 0 Å². The average molecular weight is 322 g/mol. The summed E-state index contributed by atoms with van der Waals surface area (Å²) in [5.74, 6) is -0.875. The number of aromatic carboxylic acids is 1. The van der Waals surface area contributed by atoms with Crippen molar-refractivity contribution in [1.29, 1.82) is 0 Å². The largest absolute Gasteiger partial charge is 0.478 e. The minimum Gasteiger partial charge on any atom is -0.478 e. The van der Waals surface area contributed by atoms with Gasteiger partial charge in [-0.25, -0.2) is 4.79 Å². The van der Waals surface area contributed by atoms with Gasteiger partial charge in [-0.2, -0.15) is 0 Å². The van der Waals surface area contributed by atoms with Gasteiger partial charge in [0.05, 0.1) is 5.56 Å². The van der Waals surface area contributed by atoms with Crippen molar-refractivity contribution in [2.45, 2.75) is 6.92 Å². The van der Waals surface area contributed by atoms with Crippen molar-refractivity contribution in [3.8, 4) is 0 Å². The molecule has 59 valence electrons. The smallest absolute Gasteiger partial charge is 0.335 e. The van der Waals surface area contributed by atoms with Crippen LogP contribution in [0.4, 0.5) is 0 Å². The zero-order chi connectivity index (χ0) is 7.56. The molecular formula is C8H8O2Re. The first-order chi connectivity index (χ1) is 4.70. The topological polar surface area (TPSA) is 37.3 Å². The monoisotopic (exact) mass is 323 g/mol. The number of carboxylic acids is 1. The fourth-order valence-electron chi connectivity index (χ4n) is 0.696. The van der Waals surface area contributed by atoms with Crippen LogP contribution < -0.4 is 0 Å². The van der Waals surface area contributed by atoms with Crippen molar-refractivity contribution >= 4 is 5.97 Å². The zero-order valence-corrected chi connectivity index (χ0v) is 8.76. The Hall–Kier alpha value is -0.648. The van der Waals surface area contributed by atoms with Crippen molar-refractivity contribution in [3.63, 3.8) is 0 Å². The second-order valence-electron chi connectivity index (χ2n) is 2.17. The van der Waals surface area contributed by atoms with E-state index in [0.717, 1.165) is 5.56 Å². The number of benzene rings is 1. The van der Waals surface area contributed by atoms with Gasteiger partial charge < -0.3 is 5.11 Å². The van der Waals surface area contributed by atoms with E-state index >= 15 is 0 Å². The van der Waals surface area contributed by atoms with Crippen LogP contribution >= 0.6 is 0 Å². The van der Waals surface area contributed by atoms with Crippen LogP contribution in [0.2, 0.25) is 0 Å². The van der Waals surface area contributed by atoms with Gasteiger partial charge >= 0.3 is 5.97 Å². The van der Waals surface area contributed by atoms with Crippen LogP contribution in [0.1, 0.15) is 15.9 Å². The Balaban J connectivity index is 0.000001000. The molecule has 0 aromatic heterocycles. The number of rotatable bonds is 1. The summed E-state index contributed by atoms with van der Waals surface area (Å²) < 4.78 is 0. The molecule has 1 N–H and O–H groups in total. The minimum atomic E-state index is -0.875. The first kappa shape index (κ1) is 10.4. The molecule has 1 radical (unpaired) electrons. The standard InChI is InChI=1S/C8H8O2.Re/c1-6-2-4-7(5-3-6)8(9)10;/h2-5H,1H3,(H,9,10);. The molecule has 0 atom stereocenters. The molecule has 0 saturated carbocycles. The van der Waals surface area contributed by atoms with Crippen LogP contribution in [-0.4, -0.2) is 11.1 Å². The Kier molecular flexibility index (Phi) is 4.02. The van der Waals surface area contributed by atoms with Crippen molar-refractivity contribution in [3.05, 3.63) is 35.4 Å². The molecule has 0 spiro atoms. The second-order valence-corrected chi connectivity index (χ2v) is 2.17. The van der Waals surface area contributed by atoms with E-state index in [1.54, 1.807) is 24.3 Å². The molecule has 0 heterocycles. The quantitative estimate of drug-likeness (QED) is 0.854. The van der Waals surface area contributed by atoms with E-state index in [4.69, 9.17) is 5.11 Å². The summed E-state index contributed by atoms with van der Waals surface area (Å²) >= 11 is 0. The van der Waals surface area contributed by atoms with Crippen molar-refractivity contribution < 1.29 is 30.3 Å². The second kappa shape index (κ2) is 4.28. The van der Waals surface area contributed by atoms with Crippen LogP contribution in [0.3, 0.4) is 0 Å². The number of hydrogen-bond donors (Lipinski definition) is 1. The fourth-order valence-corrected chi connectivity index (χ4v) is 0.696. The molecule has 0 aliphatic rings. The van der Waals surface area contributed by atoms with Crippen LogP contribution in [-0.2, 0) is 20.4 Å². The molecule has 11 heavy (non-hydrogen) atoms. The summed E-state index contributed by atoms with van der Waals surface area (Å²) in [5.41, 5.74) is 1.41. The summed E-state index contributed by atoms with van der Waals surface area (Å²) in [6.45, 7) is 1.92. The summed E-state index contributed by atoms with van der Waals surface area (Å²) in [6, 6.07) is 6.75. The number of carboxylic acid groups (broad SMARTS) is 1. The van der Waals surface area contributed by atoms with Crippen molar-refractivity contribution in [1.82, 2.24) is 0 Å². The van der Waals surface area contributed by atoms with Crippen LogP contribution in [0.25, 0.3) is 0 Å². The fraction of sp³-hybridized carbons (Fsp3) is 0.125. The predicted octanol–water partition coefficient (Wildman–Crippen LogP) is 1.69. The Morgan fingerprint density at radius 2 is 1.73 bits per heavy atom. The summed E-state index contributed by atoms with van der Waals surface area (Å²) in [4.78, 5) is 10.3. The maximum Gasteiger partial charge on any atom is 0.335 e. The van der Waals surface area contributed by atoms with E-state index in [1.165, 1.54) is 0 Å². The van der Waals surface area contributed by atoms with Gasteiger partial charge in [0, 0.05) is 20.4 Å². The van der Waals surface area contributed by atoms with Crippen LogP contribution in [0.15, 0.2) is 24.3 Å². The normalized spacial score (nSPS) is 8.45. The van der Waals surface area contributed by atoms with Gasteiger partial charge in [-0.05, 0) is 19.1 Å². The van der Waals surface area contributed by atoms with Gasteiger partial charge in [-0.1, -0.05) is 17.7 Å². The van der Waals surface area contributed by atoms with E-state index in [9.17, 15) is 4.79 Å². The van der Waals surface area contributed by atoms with E-state index in [1.807, 2.05) is 6.92 Å². The molecule has 1 rings (SSSR count). The van der Waals surface area contributed by atoms with E-state index in [-0.39, 0.29) is 20.4 Å². The van der Waals surface area contributed by atoms with E-state index in [0.29, 0.717) is 5.56 Å². The summed E-state index contributed by atoms with van der Waals surface area (Å²) in [6.07, 6.45) is 0. The molecule has 1 aromatic rings. The van der Waals surface area contributed by atoms with Gasteiger partial charge in [0.1, 0.15) is 0 Å². The molecule has 0 amide bonds. The predicted molar refractivity (Wildman–Crippen MR) is 38.1 cm³/mol. The Bertz CT molecular complexity index is 241. The van der Waals surface area contributed by atoms with E-state index in [2.05, 4.69) is 0 Å². The van der Waals surface area contributed by atoms with Gasteiger partial charge in [0.25, 0.3) is 0 Å². The molecule has 1 aromatic carbocycles. The first-order valence-corrected chi connectivity index (χ1v) is 3.00. The molecule has 0 fully saturated rings. The molecule has 0 aliphatic carbocycles.